The zero-order chi connectivity index (χ0) is 23.1. The molecule has 5 rings (SSSR count). The van der Waals surface area contributed by atoms with Crippen LogP contribution in [0.25, 0.3) is 22.2 Å². The molecule has 1 N–H and O–H groups in total. The summed E-state index contributed by atoms with van der Waals surface area (Å²) >= 11 is 0. The van der Waals surface area contributed by atoms with E-state index >= 15 is 0 Å². The molecule has 0 radical (unpaired) electrons. The lowest BCUT2D eigenvalue weighted by Gasteiger charge is -2.17. The van der Waals surface area contributed by atoms with Crippen LogP contribution in [0.5, 0.6) is 23.0 Å². The highest BCUT2D eigenvalue weighted by atomic mass is 16.5. The molecule has 0 atom stereocenters. The number of fused-ring (bicyclic) bond motifs is 5. The first kappa shape index (κ1) is 20.8. The summed E-state index contributed by atoms with van der Waals surface area (Å²) in [7, 11) is 8.58. The first-order valence-electron chi connectivity index (χ1n) is 10.5. The Hall–Kier alpha value is -4.13. The largest absolute Gasteiger partial charge is 0.497 e. The van der Waals surface area contributed by atoms with Gasteiger partial charge in [-0.25, -0.2) is 0 Å². The molecule has 3 aromatic carbocycles. The van der Waals surface area contributed by atoms with Gasteiger partial charge in [-0.1, -0.05) is 18.2 Å². The molecule has 0 bridgehead atoms. The maximum atomic E-state index is 5.86. The molecule has 0 saturated carbocycles. The number of hydrazone groups is 1. The van der Waals surface area contributed by atoms with Crippen molar-refractivity contribution in [3.63, 3.8) is 0 Å². The van der Waals surface area contributed by atoms with E-state index in [1.165, 1.54) is 0 Å². The van der Waals surface area contributed by atoms with Gasteiger partial charge in [0.15, 0.2) is 11.5 Å². The molecule has 1 aliphatic carbocycles. The van der Waals surface area contributed by atoms with E-state index in [0.717, 1.165) is 50.4 Å². The molecule has 0 saturated heterocycles. The standard InChI is InChI=1S/C26H25N3O4/c1-29-19-9-7-6-8-17(19)21-23(28-27-15-10-12-16(30-2)13-11-15)18-14-20(31-3)25(32-4)26(33-5)22(18)24(21)29/h6-14,27H,1-5H3/b28-23-. The zero-order valence-corrected chi connectivity index (χ0v) is 19.2. The van der Waals surface area contributed by atoms with Crippen LogP contribution in [0.3, 0.4) is 0 Å². The van der Waals surface area contributed by atoms with Crippen molar-refractivity contribution < 1.29 is 18.9 Å². The summed E-state index contributed by atoms with van der Waals surface area (Å²) in [6.07, 6.45) is 0. The summed E-state index contributed by atoms with van der Waals surface area (Å²) in [4.78, 5) is 0. The molecule has 1 heterocycles. The Morgan fingerprint density at radius 2 is 1.52 bits per heavy atom. The normalized spacial score (nSPS) is 13.1. The maximum Gasteiger partial charge on any atom is 0.204 e. The monoisotopic (exact) mass is 443 g/mol. The highest BCUT2D eigenvalue weighted by Gasteiger charge is 2.36. The topological polar surface area (TPSA) is 66.2 Å². The third-order valence-electron chi connectivity index (χ3n) is 6.05. The van der Waals surface area contributed by atoms with Gasteiger partial charge in [0.25, 0.3) is 0 Å². The minimum Gasteiger partial charge on any atom is -0.497 e. The van der Waals surface area contributed by atoms with Crippen molar-refractivity contribution in [2.24, 2.45) is 12.1 Å². The van der Waals surface area contributed by atoms with Gasteiger partial charge in [0.05, 0.1) is 45.4 Å². The van der Waals surface area contributed by atoms with E-state index in [2.05, 4.69) is 29.2 Å². The second-order valence-electron chi connectivity index (χ2n) is 7.67. The number of benzene rings is 3. The number of aromatic nitrogens is 1. The minimum atomic E-state index is 0.555. The summed E-state index contributed by atoms with van der Waals surface area (Å²) < 4.78 is 24.6. The Kier molecular flexibility index (Phi) is 5.09. The molecule has 7 heteroatoms. The molecule has 0 fully saturated rings. The Labute approximate surface area is 192 Å². The van der Waals surface area contributed by atoms with Crippen molar-refractivity contribution in [2.75, 3.05) is 33.9 Å². The van der Waals surface area contributed by atoms with Gasteiger partial charge in [0.2, 0.25) is 5.75 Å². The number of hydrogen-bond acceptors (Lipinski definition) is 6. The first-order valence-corrected chi connectivity index (χ1v) is 10.5. The van der Waals surface area contributed by atoms with E-state index in [0.29, 0.717) is 17.2 Å². The van der Waals surface area contributed by atoms with Crippen LogP contribution in [0, 0.1) is 0 Å². The molecule has 7 nitrogen and oxygen atoms in total. The van der Waals surface area contributed by atoms with E-state index in [1.807, 2.05) is 42.5 Å². The summed E-state index contributed by atoms with van der Waals surface area (Å²) in [5.74, 6) is 2.55. The SMILES string of the molecule is COc1ccc(N/N=C2/c3cc(OC)c(OC)c(OC)c3-c3c2c2ccccc2n3C)cc1. The predicted molar refractivity (Wildman–Crippen MR) is 130 cm³/mol. The van der Waals surface area contributed by atoms with Crippen molar-refractivity contribution >= 4 is 22.3 Å². The Bertz CT molecular complexity index is 1390. The molecule has 1 aromatic heterocycles. The second kappa shape index (κ2) is 8.09. The number of nitrogens with one attached hydrogen (secondary N) is 1. The van der Waals surface area contributed by atoms with Gasteiger partial charge in [-0.3, -0.25) is 5.43 Å². The van der Waals surface area contributed by atoms with E-state index in [-0.39, 0.29) is 0 Å². The van der Waals surface area contributed by atoms with Crippen LogP contribution < -0.4 is 24.4 Å². The summed E-state index contributed by atoms with van der Waals surface area (Å²) in [6.45, 7) is 0. The van der Waals surface area contributed by atoms with Crippen LogP contribution in [-0.4, -0.2) is 38.7 Å². The number of aryl methyl sites for hydroxylation is 1. The molecule has 0 spiro atoms. The lowest BCUT2D eigenvalue weighted by molar-refractivity contribution is 0.325. The number of para-hydroxylation sites is 1. The Morgan fingerprint density at radius 1 is 0.788 bits per heavy atom. The molecule has 168 valence electrons. The van der Waals surface area contributed by atoms with E-state index < -0.39 is 0 Å². The number of nitrogens with zero attached hydrogens (tertiary/aromatic N) is 2. The molecule has 0 aliphatic heterocycles. The highest BCUT2D eigenvalue weighted by Crippen LogP contribution is 2.53. The van der Waals surface area contributed by atoms with Gasteiger partial charge < -0.3 is 23.5 Å². The maximum absolute atomic E-state index is 5.86. The molecule has 33 heavy (non-hydrogen) atoms. The van der Waals surface area contributed by atoms with Gasteiger partial charge in [-0.15, -0.1) is 0 Å². The van der Waals surface area contributed by atoms with Crippen molar-refractivity contribution in [2.45, 2.75) is 0 Å². The van der Waals surface area contributed by atoms with Crippen LogP contribution >= 0.6 is 0 Å². The average molecular weight is 444 g/mol. The number of methoxy groups -OCH3 is 4. The minimum absolute atomic E-state index is 0.555. The fourth-order valence-corrected chi connectivity index (χ4v) is 4.54. The van der Waals surface area contributed by atoms with Gasteiger partial charge in [0, 0.05) is 29.1 Å². The third-order valence-corrected chi connectivity index (χ3v) is 6.05. The van der Waals surface area contributed by atoms with Gasteiger partial charge in [0.1, 0.15) is 11.5 Å². The quantitative estimate of drug-likeness (QED) is 0.372. The molecule has 0 unspecified atom stereocenters. The van der Waals surface area contributed by atoms with Crippen molar-refractivity contribution in [1.82, 2.24) is 4.57 Å². The van der Waals surface area contributed by atoms with Crippen LogP contribution in [0.4, 0.5) is 5.69 Å². The lowest BCUT2D eigenvalue weighted by atomic mass is 10.0. The first-order chi connectivity index (χ1) is 16.1. The van der Waals surface area contributed by atoms with Crippen LogP contribution in [-0.2, 0) is 7.05 Å². The van der Waals surface area contributed by atoms with Gasteiger partial charge >= 0.3 is 0 Å². The van der Waals surface area contributed by atoms with E-state index in [9.17, 15) is 0 Å². The number of anilines is 1. The van der Waals surface area contributed by atoms with Crippen LogP contribution in [0.1, 0.15) is 11.1 Å². The lowest BCUT2D eigenvalue weighted by Crippen LogP contribution is -2.05. The summed E-state index contributed by atoms with van der Waals surface area (Å²) in [5, 5.41) is 5.97. The molecule has 0 amide bonds. The number of ether oxygens (including phenoxy) is 4. The summed E-state index contributed by atoms with van der Waals surface area (Å²) in [5.41, 5.74) is 9.90. The van der Waals surface area contributed by atoms with Crippen LogP contribution in [0.15, 0.2) is 59.7 Å². The van der Waals surface area contributed by atoms with Crippen molar-refractivity contribution in [3.8, 4) is 34.3 Å². The van der Waals surface area contributed by atoms with Crippen molar-refractivity contribution in [1.29, 1.82) is 0 Å². The molecule has 4 aromatic rings. The second-order valence-corrected chi connectivity index (χ2v) is 7.67. The Morgan fingerprint density at radius 3 is 2.18 bits per heavy atom. The smallest absolute Gasteiger partial charge is 0.204 e. The average Bonchev–Trinajstić information content (AvgIpc) is 3.34. The molecular formula is C26H25N3O4. The van der Waals surface area contributed by atoms with Crippen molar-refractivity contribution in [3.05, 3.63) is 65.7 Å². The fourth-order valence-electron chi connectivity index (χ4n) is 4.54. The van der Waals surface area contributed by atoms with Gasteiger partial charge in [-0.2, -0.15) is 5.10 Å². The van der Waals surface area contributed by atoms with E-state index in [4.69, 9.17) is 24.0 Å². The molecule has 1 aliphatic rings. The summed E-state index contributed by atoms with van der Waals surface area (Å²) in [6, 6.07) is 17.9. The fraction of sp³-hybridized carbons (Fsp3) is 0.192. The van der Waals surface area contributed by atoms with E-state index in [1.54, 1.807) is 28.4 Å². The highest BCUT2D eigenvalue weighted by molar-refractivity contribution is 6.31. The Balaban J connectivity index is 1.78. The third kappa shape index (κ3) is 3.08. The van der Waals surface area contributed by atoms with Crippen LogP contribution in [0.2, 0.25) is 0 Å². The van der Waals surface area contributed by atoms with Gasteiger partial charge in [-0.05, 0) is 36.4 Å². The predicted octanol–water partition coefficient (Wildman–Crippen LogP) is 5.06. The number of rotatable bonds is 6. The zero-order valence-electron chi connectivity index (χ0n) is 19.2. The number of hydrogen-bond donors (Lipinski definition) is 1. The molecular weight excluding hydrogens is 418 g/mol.